The van der Waals surface area contributed by atoms with Crippen LogP contribution >= 0.6 is 0 Å². The van der Waals surface area contributed by atoms with Crippen LogP contribution in [0.2, 0.25) is 0 Å². The quantitative estimate of drug-likeness (QED) is 0.790. The van der Waals surface area contributed by atoms with Crippen LogP contribution in [0, 0.1) is 5.82 Å². The Morgan fingerprint density at radius 2 is 1.76 bits per heavy atom. The molecule has 2 aromatic carbocycles. The molecule has 1 unspecified atom stereocenters. The van der Waals surface area contributed by atoms with Crippen molar-refractivity contribution < 1.29 is 19.0 Å². The van der Waals surface area contributed by atoms with Gasteiger partial charge in [0.05, 0.1) is 19.3 Å². The summed E-state index contributed by atoms with van der Waals surface area (Å²) in [5, 5.41) is 9.61. The van der Waals surface area contributed by atoms with Gasteiger partial charge in [0, 0.05) is 12.0 Å². The van der Waals surface area contributed by atoms with Gasteiger partial charge in [-0.3, -0.25) is 0 Å². The molecule has 1 N–H and O–H groups in total. The van der Waals surface area contributed by atoms with Gasteiger partial charge in [0.15, 0.2) is 0 Å². The Labute approximate surface area is 124 Å². The number of para-hydroxylation sites is 1. The summed E-state index contributed by atoms with van der Waals surface area (Å²) in [7, 11) is 0. The van der Waals surface area contributed by atoms with E-state index in [2.05, 4.69) is 0 Å². The fourth-order valence-corrected chi connectivity index (χ4v) is 1.93. The molecule has 1 atom stereocenters. The van der Waals surface area contributed by atoms with Crippen molar-refractivity contribution in [2.24, 2.45) is 0 Å². The number of hydrogen-bond acceptors (Lipinski definition) is 3. The van der Waals surface area contributed by atoms with Gasteiger partial charge in [-0.25, -0.2) is 4.39 Å². The number of aliphatic hydroxyl groups is 1. The van der Waals surface area contributed by atoms with Crippen molar-refractivity contribution in [2.45, 2.75) is 19.4 Å². The van der Waals surface area contributed by atoms with Gasteiger partial charge in [0.25, 0.3) is 0 Å². The summed E-state index contributed by atoms with van der Waals surface area (Å²) in [4.78, 5) is 0. The molecule has 0 heterocycles. The lowest BCUT2D eigenvalue weighted by molar-refractivity contribution is 0.188. The second kappa shape index (κ2) is 7.64. The van der Waals surface area contributed by atoms with Crippen LogP contribution < -0.4 is 9.47 Å². The molecular weight excluding hydrogens is 271 g/mol. The molecule has 112 valence electrons. The van der Waals surface area contributed by atoms with Gasteiger partial charge in [-0.2, -0.15) is 0 Å². The molecule has 0 bridgehead atoms. The molecule has 3 nitrogen and oxygen atoms in total. The molecule has 0 fully saturated rings. The van der Waals surface area contributed by atoms with Gasteiger partial charge in [-0.05, 0) is 37.3 Å². The lowest BCUT2D eigenvalue weighted by atomic mass is 10.1. The van der Waals surface area contributed by atoms with Crippen molar-refractivity contribution in [2.75, 3.05) is 13.2 Å². The first-order valence-electron chi connectivity index (χ1n) is 6.95. The largest absolute Gasteiger partial charge is 0.493 e. The maximum absolute atomic E-state index is 13.2. The summed E-state index contributed by atoms with van der Waals surface area (Å²) in [5.41, 5.74) is 0.457. The Morgan fingerprint density at radius 1 is 1.05 bits per heavy atom. The third kappa shape index (κ3) is 4.76. The molecule has 0 amide bonds. The van der Waals surface area contributed by atoms with Gasteiger partial charge in [-0.1, -0.05) is 18.2 Å². The summed E-state index contributed by atoms with van der Waals surface area (Å²) < 4.78 is 24.3. The zero-order valence-corrected chi connectivity index (χ0v) is 12.0. The van der Waals surface area contributed by atoms with E-state index in [1.807, 2.05) is 30.3 Å². The minimum absolute atomic E-state index is 0.384. The lowest BCUT2D eigenvalue weighted by Gasteiger charge is -2.13. The topological polar surface area (TPSA) is 38.7 Å². The Hall–Kier alpha value is -2.07. The van der Waals surface area contributed by atoms with Crippen LogP contribution in [0.4, 0.5) is 4.39 Å². The minimum atomic E-state index is -0.767. The smallest absolute Gasteiger partial charge is 0.125 e. The van der Waals surface area contributed by atoms with E-state index in [1.165, 1.54) is 18.2 Å². The van der Waals surface area contributed by atoms with Gasteiger partial charge < -0.3 is 14.6 Å². The molecule has 21 heavy (non-hydrogen) atoms. The van der Waals surface area contributed by atoms with Crippen LogP contribution in [0.25, 0.3) is 0 Å². The van der Waals surface area contributed by atoms with Crippen LogP contribution in [0.15, 0.2) is 48.5 Å². The normalized spacial score (nSPS) is 12.0. The molecule has 0 saturated heterocycles. The number of halogens is 1. The van der Waals surface area contributed by atoms with Crippen molar-refractivity contribution in [3.05, 3.63) is 59.9 Å². The van der Waals surface area contributed by atoms with Crippen molar-refractivity contribution in [1.29, 1.82) is 0 Å². The van der Waals surface area contributed by atoms with Crippen LogP contribution in [0.1, 0.15) is 25.0 Å². The summed E-state index contributed by atoms with van der Waals surface area (Å²) in [6.07, 6.45) is -0.0674. The highest BCUT2D eigenvalue weighted by atomic mass is 19.1. The highest BCUT2D eigenvalue weighted by Crippen LogP contribution is 2.26. The first-order valence-corrected chi connectivity index (χ1v) is 6.95. The molecule has 2 aromatic rings. The average Bonchev–Trinajstić information content (AvgIpc) is 2.49. The zero-order valence-electron chi connectivity index (χ0n) is 12.0. The predicted molar refractivity (Wildman–Crippen MR) is 79.1 cm³/mol. The van der Waals surface area contributed by atoms with E-state index in [0.717, 1.165) is 5.75 Å². The number of hydrogen-bond donors (Lipinski definition) is 1. The molecule has 0 radical (unpaired) electrons. The number of aliphatic hydroxyl groups excluding tert-OH is 1. The van der Waals surface area contributed by atoms with Crippen LogP contribution in [0.5, 0.6) is 11.5 Å². The molecule has 4 heteroatoms. The van der Waals surface area contributed by atoms with Crippen LogP contribution in [-0.4, -0.2) is 18.3 Å². The second-order valence-corrected chi connectivity index (χ2v) is 4.72. The van der Waals surface area contributed by atoms with E-state index in [0.29, 0.717) is 30.9 Å². The SMILES string of the molecule is CC(O)c1cc(F)ccc1OCCCOc1ccccc1. The minimum Gasteiger partial charge on any atom is -0.493 e. The van der Waals surface area contributed by atoms with Crippen LogP contribution in [-0.2, 0) is 0 Å². The van der Waals surface area contributed by atoms with Crippen LogP contribution in [0.3, 0.4) is 0 Å². The Kier molecular flexibility index (Phi) is 5.58. The number of ether oxygens (including phenoxy) is 2. The van der Waals surface area contributed by atoms with Crippen molar-refractivity contribution >= 4 is 0 Å². The highest BCUT2D eigenvalue weighted by Gasteiger charge is 2.10. The molecule has 2 rings (SSSR count). The fraction of sp³-hybridized carbons (Fsp3) is 0.294. The third-order valence-corrected chi connectivity index (χ3v) is 2.98. The van der Waals surface area contributed by atoms with Gasteiger partial charge in [0.1, 0.15) is 17.3 Å². The fourth-order valence-electron chi connectivity index (χ4n) is 1.93. The summed E-state index contributed by atoms with van der Waals surface area (Å²) in [6, 6.07) is 13.7. The first kappa shape index (κ1) is 15.3. The molecule has 0 aliphatic rings. The molecule has 0 aliphatic heterocycles. The standard InChI is InChI=1S/C17H19FO3/c1-13(19)16-12-14(18)8-9-17(16)21-11-5-10-20-15-6-3-2-4-7-15/h2-4,6-9,12-13,19H,5,10-11H2,1H3. The highest BCUT2D eigenvalue weighted by molar-refractivity contribution is 5.35. The van der Waals surface area contributed by atoms with E-state index in [4.69, 9.17) is 9.47 Å². The Bertz CT molecular complexity index is 555. The first-order chi connectivity index (χ1) is 10.2. The number of rotatable bonds is 7. The van der Waals surface area contributed by atoms with Gasteiger partial charge >= 0.3 is 0 Å². The number of benzene rings is 2. The van der Waals surface area contributed by atoms with Gasteiger partial charge in [0.2, 0.25) is 0 Å². The second-order valence-electron chi connectivity index (χ2n) is 4.72. The molecule has 0 aromatic heterocycles. The molecule has 0 saturated carbocycles. The lowest BCUT2D eigenvalue weighted by Crippen LogP contribution is -2.07. The van der Waals surface area contributed by atoms with E-state index in [1.54, 1.807) is 6.92 Å². The zero-order chi connectivity index (χ0) is 15.1. The van der Waals surface area contributed by atoms with E-state index in [-0.39, 0.29) is 5.82 Å². The Morgan fingerprint density at radius 3 is 2.48 bits per heavy atom. The monoisotopic (exact) mass is 290 g/mol. The summed E-state index contributed by atoms with van der Waals surface area (Å²) in [6.45, 7) is 2.56. The average molecular weight is 290 g/mol. The molecular formula is C17H19FO3. The summed E-state index contributed by atoms with van der Waals surface area (Å²) in [5.74, 6) is 0.945. The Balaban J connectivity index is 1.78. The maximum Gasteiger partial charge on any atom is 0.125 e. The van der Waals surface area contributed by atoms with Gasteiger partial charge in [-0.15, -0.1) is 0 Å². The van der Waals surface area contributed by atoms with Crippen molar-refractivity contribution in [3.8, 4) is 11.5 Å². The van der Waals surface area contributed by atoms with Crippen molar-refractivity contribution in [1.82, 2.24) is 0 Å². The summed E-state index contributed by atoms with van der Waals surface area (Å²) >= 11 is 0. The molecule has 0 spiro atoms. The van der Waals surface area contributed by atoms with Crippen molar-refractivity contribution in [3.63, 3.8) is 0 Å². The van der Waals surface area contributed by atoms with E-state index < -0.39 is 6.10 Å². The van der Waals surface area contributed by atoms with E-state index >= 15 is 0 Å². The predicted octanol–water partition coefficient (Wildman–Crippen LogP) is 3.73. The third-order valence-electron chi connectivity index (χ3n) is 2.98. The maximum atomic E-state index is 13.2. The molecule has 0 aliphatic carbocycles. The van der Waals surface area contributed by atoms with E-state index in [9.17, 15) is 9.50 Å².